The Morgan fingerprint density at radius 2 is 1.71 bits per heavy atom. The third-order valence-corrected chi connectivity index (χ3v) is 6.00. The molecular formula is C25H23NO2. The summed E-state index contributed by atoms with van der Waals surface area (Å²) in [5, 5.41) is 11.2. The third kappa shape index (κ3) is 2.46. The van der Waals surface area contributed by atoms with E-state index >= 15 is 0 Å². The summed E-state index contributed by atoms with van der Waals surface area (Å²) in [5.41, 5.74) is 7.90. The van der Waals surface area contributed by atoms with E-state index in [2.05, 4.69) is 32.9 Å². The number of ketones is 1. The quantitative estimate of drug-likeness (QED) is 0.635. The maximum absolute atomic E-state index is 13.2. The van der Waals surface area contributed by atoms with E-state index in [0.29, 0.717) is 12.0 Å². The molecule has 1 atom stereocenters. The van der Waals surface area contributed by atoms with Crippen LogP contribution in [0.15, 0.2) is 48.5 Å². The van der Waals surface area contributed by atoms with Crippen molar-refractivity contribution in [1.82, 2.24) is 4.98 Å². The smallest absolute Gasteiger partial charge is 0.165 e. The minimum atomic E-state index is -0.761. The Morgan fingerprint density at radius 1 is 1.00 bits per heavy atom. The number of rotatable bonds is 1. The number of pyridine rings is 1. The normalized spacial score (nSPS) is 19.1. The van der Waals surface area contributed by atoms with Crippen molar-refractivity contribution >= 4 is 5.78 Å². The van der Waals surface area contributed by atoms with E-state index in [4.69, 9.17) is 4.98 Å². The van der Waals surface area contributed by atoms with Crippen molar-refractivity contribution in [2.45, 2.75) is 39.7 Å². The number of aliphatic hydroxyl groups excluding tert-OH is 1. The summed E-state index contributed by atoms with van der Waals surface area (Å²) in [5.74, 6) is 0.125. The van der Waals surface area contributed by atoms with E-state index in [-0.39, 0.29) is 11.2 Å². The first kappa shape index (κ1) is 17.3. The molecular weight excluding hydrogens is 346 g/mol. The average Bonchev–Trinajstić information content (AvgIpc) is 2.93. The van der Waals surface area contributed by atoms with Gasteiger partial charge in [-0.1, -0.05) is 67.9 Å². The van der Waals surface area contributed by atoms with Crippen molar-refractivity contribution in [3.05, 3.63) is 76.5 Å². The molecule has 2 aliphatic rings. The Kier molecular flexibility index (Phi) is 3.62. The molecule has 0 fully saturated rings. The van der Waals surface area contributed by atoms with Gasteiger partial charge in [0.25, 0.3) is 0 Å². The number of nitrogens with zero attached hydrogens (tertiary/aromatic N) is 1. The molecule has 5 rings (SSSR count). The zero-order valence-electron chi connectivity index (χ0n) is 16.4. The number of aromatic nitrogens is 1. The highest BCUT2D eigenvalue weighted by molar-refractivity contribution is 6.07. The molecule has 0 bridgehead atoms. The van der Waals surface area contributed by atoms with Gasteiger partial charge in [-0.05, 0) is 29.9 Å². The number of aliphatic hydroxyl groups is 1. The fraction of sp³-hybridized carbons (Fsp3) is 0.280. The molecule has 1 heterocycles. The zero-order valence-corrected chi connectivity index (χ0v) is 16.4. The zero-order chi connectivity index (χ0) is 19.6. The summed E-state index contributed by atoms with van der Waals surface area (Å²) in [4.78, 5) is 18.2. The van der Waals surface area contributed by atoms with E-state index in [1.165, 1.54) is 5.56 Å². The molecule has 0 saturated carbocycles. The topological polar surface area (TPSA) is 50.2 Å². The van der Waals surface area contributed by atoms with Crippen LogP contribution >= 0.6 is 0 Å². The molecule has 1 aromatic heterocycles. The van der Waals surface area contributed by atoms with Crippen molar-refractivity contribution < 1.29 is 9.90 Å². The number of aryl methyl sites for hydroxylation is 1. The maximum Gasteiger partial charge on any atom is 0.165 e. The summed E-state index contributed by atoms with van der Waals surface area (Å²) in [6, 6.07) is 16.1. The molecule has 140 valence electrons. The van der Waals surface area contributed by atoms with Gasteiger partial charge < -0.3 is 5.11 Å². The van der Waals surface area contributed by atoms with Crippen molar-refractivity contribution in [2.75, 3.05) is 0 Å². The van der Waals surface area contributed by atoms with E-state index in [1.54, 1.807) is 0 Å². The lowest BCUT2D eigenvalue weighted by atomic mass is 9.73. The Labute approximate surface area is 165 Å². The summed E-state index contributed by atoms with van der Waals surface area (Å²) >= 11 is 0. The highest BCUT2D eigenvalue weighted by Gasteiger charge is 2.39. The molecule has 3 nitrogen and oxygen atoms in total. The summed E-state index contributed by atoms with van der Waals surface area (Å²) in [7, 11) is 0. The molecule has 0 spiro atoms. The van der Waals surface area contributed by atoms with Crippen molar-refractivity contribution in [1.29, 1.82) is 0 Å². The molecule has 3 heteroatoms. The number of benzene rings is 2. The Balaban J connectivity index is 1.88. The third-order valence-electron chi connectivity index (χ3n) is 6.00. The van der Waals surface area contributed by atoms with Crippen LogP contribution < -0.4 is 0 Å². The number of carbonyl (C=O) groups is 1. The first-order chi connectivity index (χ1) is 13.4. The number of fused-ring (bicyclic) bond motifs is 4. The van der Waals surface area contributed by atoms with Gasteiger partial charge in [-0.25, -0.2) is 0 Å². The van der Waals surface area contributed by atoms with Crippen LogP contribution in [0.1, 0.15) is 59.1 Å². The number of hydrogen-bond donors (Lipinski definition) is 1. The predicted molar refractivity (Wildman–Crippen MR) is 110 cm³/mol. The second kappa shape index (κ2) is 5.86. The van der Waals surface area contributed by atoms with E-state index < -0.39 is 6.10 Å². The molecule has 3 aromatic rings. The standard InChI is InChI=1S/C25H23NO2/c1-14-8-10-15(11-9-14)20-21-18(12-25(2,3)13-19(21)27)26-23-16-6-4-5-7-17(16)24(28)22(20)23/h4-11,24,28H,12-13H2,1-3H3/t24-/m0/s1. The molecule has 28 heavy (non-hydrogen) atoms. The summed E-state index contributed by atoms with van der Waals surface area (Å²) < 4.78 is 0. The molecule has 1 N–H and O–H groups in total. The molecule has 2 aromatic carbocycles. The Hall–Kier alpha value is -2.78. The fourth-order valence-corrected chi connectivity index (χ4v) is 4.71. The lowest BCUT2D eigenvalue weighted by Crippen LogP contribution is -2.29. The van der Waals surface area contributed by atoms with Crippen LogP contribution in [0.4, 0.5) is 0 Å². The molecule has 0 aliphatic heterocycles. The molecule has 0 radical (unpaired) electrons. The highest BCUT2D eigenvalue weighted by atomic mass is 16.3. The summed E-state index contributed by atoms with van der Waals surface area (Å²) in [6.07, 6.45) is 0.504. The largest absolute Gasteiger partial charge is 0.384 e. The van der Waals surface area contributed by atoms with Crippen LogP contribution in [0.2, 0.25) is 0 Å². The van der Waals surface area contributed by atoms with Gasteiger partial charge >= 0.3 is 0 Å². The number of hydrogen-bond acceptors (Lipinski definition) is 3. The fourth-order valence-electron chi connectivity index (χ4n) is 4.71. The molecule has 0 unspecified atom stereocenters. The molecule has 0 amide bonds. The van der Waals surface area contributed by atoms with Gasteiger partial charge in [-0.2, -0.15) is 0 Å². The monoisotopic (exact) mass is 369 g/mol. The second-order valence-corrected chi connectivity index (χ2v) is 8.87. The average molecular weight is 369 g/mol. The van der Waals surface area contributed by atoms with E-state index in [9.17, 15) is 9.90 Å². The lowest BCUT2D eigenvalue weighted by Gasteiger charge is -2.32. The maximum atomic E-state index is 13.2. The summed E-state index contributed by atoms with van der Waals surface area (Å²) in [6.45, 7) is 6.29. The van der Waals surface area contributed by atoms with Crippen LogP contribution in [0.25, 0.3) is 22.4 Å². The van der Waals surface area contributed by atoms with Gasteiger partial charge in [-0.15, -0.1) is 0 Å². The Bertz CT molecular complexity index is 1130. The van der Waals surface area contributed by atoms with Gasteiger partial charge in [0.2, 0.25) is 0 Å². The molecule has 2 aliphatic carbocycles. The SMILES string of the molecule is Cc1ccc(-c2c3c(nc4c2[C@@H](O)c2ccccc2-4)CC(C)(C)CC3=O)cc1. The predicted octanol–water partition coefficient (Wildman–Crippen LogP) is 5.27. The number of carbonyl (C=O) groups excluding carboxylic acids is 1. The minimum Gasteiger partial charge on any atom is -0.384 e. The van der Waals surface area contributed by atoms with Crippen LogP contribution in [0.5, 0.6) is 0 Å². The van der Waals surface area contributed by atoms with Gasteiger partial charge in [0, 0.05) is 28.7 Å². The minimum absolute atomic E-state index is 0.105. The van der Waals surface area contributed by atoms with Crippen LogP contribution in [-0.4, -0.2) is 15.9 Å². The van der Waals surface area contributed by atoms with E-state index in [0.717, 1.165) is 45.6 Å². The van der Waals surface area contributed by atoms with E-state index in [1.807, 2.05) is 36.4 Å². The van der Waals surface area contributed by atoms with Crippen molar-refractivity contribution in [3.8, 4) is 22.4 Å². The first-order valence-corrected chi connectivity index (χ1v) is 9.80. The first-order valence-electron chi connectivity index (χ1n) is 9.80. The highest BCUT2D eigenvalue weighted by Crippen LogP contribution is 2.50. The van der Waals surface area contributed by atoms with Crippen molar-refractivity contribution in [3.63, 3.8) is 0 Å². The Morgan fingerprint density at radius 3 is 2.46 bits per heavy atom. The number of Topliss-reactive ketones (excluding diaryl/α,β-unsaturated/α-hetero) is 1. The van der Waals surface area contributed by atoms with Gasteiger partial charge in [-0.3, -0.25) is 9.78 Å². The molecule has 0 saturated heterocycles. The second-order valence-electron chi connectivity index (χ2n) is 8.87. The van der Waals surface area contributed by atoms with Crippen LogP contribution in [0, 0.1) is 12.3 Å². The van der Waals surface area contributed by atoms with Crippen LogP contribution in [-0.2, 0) is 6.42 Å². The lowest BCUT2D eigenvalue weighted by molar-refractivity contribution is 0.0911. The van der Waals surface area contributed by atoms with Gasteiger partial charge in [0.15, 0.2) is 5.78 Å². The van der Waals surface area contributed by atoms with Crippen molar-refractivity contribution in [2.24, 2.45) is 5.41 Å². The van der Waals surface area contributed by atoms with Gasteiger partial charge in [0.1, 0.15) is 6.10 Å². The van der Waals surface area contributed by atoms with Gasteiger partial charge in [0.05, 0.1) is 11.4 Å². The van der Waals surface area contributed by atoms with Crippen LogP contribution in [0.3, 0.4) is 0 Å².